The van der Waals surface area contributed by atoms with Crippen LogP contribution in [-0.4, -0.2) is 40.0 Å². The van der Waals surface area contributed by atoms with Crippen molar-refractivity contribution in [2.45, 2.75) is 12.5 Å². The zero-order valence-electron chi connectivity index (χ0n) is 10.5. The molecular weight excluding hydrogens is 284 g/mol. The van der Waals surface area contributed by atoms with Gasteiger partial charge in [-0.05, 0) is 12.2 Å². The van der Waals surface area contributed by atoms with Gasteiger partial charge in [0.1, 0.15) is 6.04 Å². The lowest BCUT2D eigenvalue weighted by molar-refractivity contribution is -0.385. The minimum atomic E-state index is -1.10. The van der Waals surface area contributed by atoms with E-state index in [1.165, 1.54) is 17.8 Å². The number of nitro groups is 1. The van der Waals surface area contributed by atoms with Crippen LogP contribution in [0.2, 0.25) is 0 Å². The Morgan fingerprint density at radius 1 is 1.50 bits per heavy atom. The second-order valence-electron chi connectivity index (χ2n) is 3.89. The summed E-state index contributed by atoms with van der Waals surface area (Å²) in [6.45, 7) is 0. The molecule has 1 rings (SSSR count). The van der Waals surface area contributed by atoms with Crippen molar-refractivity contribution < 1.29 is 19.6 Å². The molecule has 0 fully saturated rings. The number of para-hydroxylation sites is 1. The molecule has 1 unspecified atom stereocenters. The molecule has 1 amide bonds. The largest absolute Gasteiger partial charge is 0.480 e. The van der Waals surface area contributed by atoms with Crippen LogP contribution in [0.4, 0.5) is 5.69 Å². The first-order valence-electron chi connectivity index (χ1n) is 5.78. The quantitative estimate of drug-likeness (QED) is 0.305. The first-order chi connectivity index (χ1) is 9.56. The lowest BCUT2D eigenvalue weighted by Crippen LogP contribution is -2.37. The van der Waals surface area contributed by atoms with Crippen LogP contribution >= 0.6 is 11.8 Å². The van der Waals surface area contributed by atoms with Crippen molar-refractivity contribution in [1.29, 1.82) is 0 Å². The fourth-order valence-electron chi connectivity index (χ4n) is 1.56. The van der Waals surface area contributed by atoms with Gasteiger partial charge in [0.25, 0.3) is 5.69 Å². The Morgan fingerprint density at radius 2 is 2.20 bits per heavy atom. The summed E-state index contributed by atoms with van der Waals surface area (Å²) < 4.78 is 0. The van der Waals surface area contributed by atoms with Gasteiger partial charge < -0.3 is 10.4 Å². The number of aliphatic carboxylic acids is 1. The predicted molar refractivity (Wildman–Crippen MR) is 74.7 cm³/mol. The Morgan fingerprint density at radius 3 is 2.80 bits per heavy atom. The highest BCUT2D eigenvalue weighted by Gasteiger charge is 2.16. The van der Waals surface area contributed by atoms with Crippen molar-refractivity contribution in [3.63, 3.8) is 0 Å². The molecule has 0 heterocycles. The minimum absolute atomic E-state index is 0.0638. The Hall–Kier alpha value is -2.09. The number of carboxylic acid groups (broad SMARTS) is 1. The molecule has 0 radical (unpaired) electrons. The normalized spacial score (nSPS) is 11.6. The van der Waals surface area contributed by atoms with E-state index in [1.54, 1.807) is 18.2 Å². The third kappa shape index (κ3) is 4.88. The highest BCUT2D eigenvalue weighted by atomic mass is 32.2. The van der Waals surface area contributed by atoms with Crippen LogP contribution < -0.4 is 5.32 Å². The van der Waals surface area contributed by atoms with Crippen LogP contribution in [0.3, 0.4) is 0 Å². The van der Waals surface area contributed by atoms with Gasteiger partial charge in [0, 0.05) is 17.4 Å². The number of nitrogens with zero attached hydrogens (tertiary/aromatic N) is 1. The molecule has 0 saturated heterocycles. The smallest absolute Gasteiger partial charge is 0.327 e. The molecule has 0 aliphatic heterocycles. The van der Waals surface area contributed by atoms with E-state index in [1.807, 2.05) is 0 Å². The van der Waals surface area contributed by atoms with E-state index in [0.717, 1.165) is 0 Å². The van der Waals surface area contributed by atoms with Crippen LogP contribution in [0, 0.1) is 10.1 Å². The fourth-order valence-corrected chi connectivity index (χ4v) is 2.56. The van der Waals surface area contributed by atoms with Gasteiger partial charge in [-0.2, -0.15) is 11.8 Å². The number of carbonyl (C=O) groups excluding carboxylic acids is 1. The second-order valence-corrected chi connectivity index (χ2v) is 5.04. The Bertz CT molecular complexity index is 494. The molecule has 1 aromatic rings. The highest BCUT2D eigenvalue weighted by Crippen LogP contribution is 2.19. The maximum Gasteiger partial charge on any atom is 0.327 e. The van der Waals surface area contributed by atoms with Gasteiger partial charge in [-0.25, -0.2) is 4.79 Å². The van der Waals surface area contributed by atoms with Crippen LogP contribution in [-0.2, 0) is 16.0 Å². The zero-order valence-corrected chi connectivity index (χ0v) is 11.3. The average molecular weight is 298 g/mol. The van der Waals surface area contributed by atoms with E-state index < -0.39 is 16.9 Å². The molecule has 8 heteroatoms. The number of hydrogen-bond acceptors (Lipinski definition) is 5. The van der Waals surface area contributed by atoms with Crippen LogP contribution in [0.15, 0.2) is 24.3 Å². The Kier molecular flexibility index (Phi) is 6.51. The molecule has 0 bridgehead atoms. The number of thioether (sulfide) groups is 1. The van der Waals surface area contributed by atoms with E-state index in [9.17, 15) is 19.7 Å². The van der Waals surface area contributed by atoms with Gasteiger partial charge in [-0.3, -0.25) is 14.9 Å². The lowest BCUT2D eigenvalue weighted by atomic mass is 10.1. The molecule has 0 spiro atoms. The summed E-state index contributed by atoms with van der Waals surface area (Å²) in [6, 6.07) is 5.50. The lowest BCUT2D eigenvalue weighted by Gasteiger charge is -2.10. The first-order valence-corrected chi connectivity index (χ1v) is 6.94. The van der Waals surface area contributed by atoms with Crippen molar-refractivity contribution >= 4 is 29.8 Å². The first kappa shape index (κ1) is 16.0. The van der Waals surface area contributed by atoms with E-state index in [4.69, 9.17) is 5.11 Å². The number of hydrogen-bond donors (Lipinski definition) is 2. The molecule has 7 nitrogen and oxygen atoms in total. The van der Waals surface area contributed by atoms with Gasteiger partial charge in [-0.15, -0.1) is 0 Å². The molecule has 0 aliphatic carbocycles. The number of nitro benzene ring substituents is 1. The van der Waals surface area contributed by atoms with E-state index in [-0.39, 0.29) is 11.4 Å². The molecular formula is C12H14N2O5S. The maximum atomic E-state index is 10.8. The van der Waals surface area contributed by atoms with Crippen LogP contribution in [0.5, 0.6) is 0 Å². The average Bonchev–Trinajstić information content (AvgIpc) is 2.42. The van der Waals surface area contributed by atoms with Crippen molar-refractivity contribution in [3.8, 4) is 0 Å². The van der Waals surface area contributed by atoms with Crippen LogP contribution in [0.1, 0.15) is 5.56 Å². The second kappa shape index (κ2) is 8.16. The third-order valence-corrected chi connectivity index (χ3v) is 3.62. The number of aryl methyl sites for hydroxylation is 1. The number of carboxylic acids is 1. The number of benzene rings is 1. The van der Waals surface area contributed by atoms with Gasteiger partial charge in [0.15, 0.2) is 0 Å². The van der Waals surface area contributed by atoms with Crippen LogP contribution in [0.25, 0.3) is 0 Å². The SMILES string of the molecule is O=CNC(CSCCc1ccccc1[N+](=O)[O-])C(=O)O. The van der Waals surface area contributed by atoms with Crippen molar-refractivity contribution in [2.24, 2.45) is 0 Å². The molecule has 0 aliphatic rings. The summed E-state index contributed by atoms with van der Waals surface area (Å²) in [7, 11) is 0. The summed E-state index contributed by atoms with van der Waals surface area (Å²) in [4.78, 5) is 31.4. The van der Waals surface area contributed by atoms with Gasteiger partial charge in [0.05, 0.1) is 4.92 Å². The summed E-state index contributed by atoms with van der Waals surface area (Å²) in [5, 5.41) is 21.8. The molecule has 2 N–H and O–H groups in total. The number of carbonyl (C=O) groups is 2. The van der Waals surface area contributed by atoms with Gasteiger partial charge in [-0.1, -0.05) is 18.2 Å². The fraction of sp³-hybridized carbons (Fsp3) is 0.333. The number of nitrogens with one attached hydrogen (secondary N) is 1. The van der Waals surface area contributed by atoms with Gasteiger partial charge in [0.2, 0.25) is 6.41 Å². The monoisotopic (exact) mass is 298 g/mol. The van der Waals surface area contributed by atoms with E-state index in [2.05, 4.69) is 5.32 Å². The molecule has 1 aromatic carbocycles. The molecule has 1 atom stereocenters. The summed E-state index contributed by atoms with van der Waals surface area (Å²) in [5.41, 5.74) is 0.675. The van der Waals surface area contributed by atoms with Crippen molar-refractivity contribution in [2.75, 3.05) is 11.5 Å². The summed E-state index contributed by atoms with van der Waals surface area (Å²) in [5.74, 6) is -0.348. The highest BCUT2D eigenvalue weighted by molar-refractivity contribution is 7.99. The van der Waals surface area contributed by atoms with Crippen molar-refractivity contribution in [1.82, 2.24) is 5.32 Å². The Balaban J connectivity index is 2.47. The molecule has 0 saturated carbocycles. The predicted octanol–water partition coefficient (Wildman–Crippen LogP) is 1.07. The van der Waals surface area contributed by atoms with E-state index in [0.29, 0.717) is 24.1 Å². The number of rotatable bonds is 9. The summed E-state index contributed by atoms with van der Waals surface area (Å²) in [6.07, 6.45) is 0.816. The minimum Gasteiger partial charge on any atom is -0.480 e. The third-order valence-electron chi connectivity index (χ3n) is 2.56. The standard InChI is InChI=1S/C12H14N2O5S/c15-8-13-10(12(16)17)7-20-6-5-9-3-1-2-4-11(9)14(18)19/h1-4,8,10H,5-7H2,(H,13,15)(H,16,17). The van der Waals surface area contributed by atoms with Gasteiger partial charge >= 0.3 is 5.97 Å². The molecule has 0 aromatic heterocycles. The topological polar surface area (TPSA) is 110 Å². The number of amides is 1. The molecule has 108 valence electrons. The van der Waals surface area contributed by atoms with E-state index >= 15 is 0 Å². The Labute approximate surface area is 119 Å². The zero-order chi connectivity index (χ0) is 15.0. The molecule has 20 heavy (non-hydrogen) atoms. The van der Waals surface area contributed by atoms with Crippen molar-refractivity contribution in [3.05, 3.63) is 39.9 Å². The summed E-state index contributed by atoms with van der Waals surface area (Å²) >= 11 is 1.32. The maximum absolute atomic E-state index is 10.8.